The highest BCUT2D eigenvalue weighted by Gasteiger charge is 2.40. The zero-order valence-electron chi connectivity index (χ0n) is 22.4. The number of fused-ring (bicyclic) bond motifs is 1. The number of nitrogens with one attached hydrogen (secondary N) is 4. The van der Waals surface area contributed by atoms with Crippen LogP contribution in [0.3, 0.4) is 0 Å². The predicted molar refractivity (Wildman–Crippen MR) is 154 cm³/mol. The van der Waals surface area contributed by atoms with E-state index in [0.29, 0.717) is 35.1 Å². The second kappa shape index (κ2) is 11.3. The van der Waals surface area contributed by atoms with Crippen molar-refractivity contribution in [1.29, 1.82) is 5.41 Å². The normalized spacial score (nSPS) is 21.8. The van der Waals surface area contributed by atoms with Crippen molar-refractivity contribution >= 4 is 34.5 Å². The van der Waals surface area contributed by atoms with Crippen molar-refractivity contribution in [3.05, 3.63) is 59.3 Å². The molecule has 38 heavy (non-hydrogen) atoms. The summed E-state index contributed by atoms with van der Waals surface area (Å²) in [7, 11) is 1.55. The Labute approximate surface area is 223 Å². The summed E-state index contributed by atoms with van der Waals surface area (Å²) in [6.07, 6.45) is 2.12. The molecule has 9 N–H and O–H groups in total. The first-order valence-corrected chi connectivity index (χ1v) is 12.8. The van der Waals surface area contributed by atoms with E-state index in [1.807, 2.05) is 31.2 Å². The molecule has 0 saturated carbocycles. The van der Waals surface area contributed by atoms with Crippen LogP contribution in [0, 0.1) is 18.3 Å². The van der Waals surface area contributed by atoms with Crippen molar-refractivity contribution in [2.75, 3.05) is 19.0 Å². The van der Waals surface area contributed by atoms with Gasteiger partial charge in [-0.05, 0) is 62.6 Å². The molecule has 0 fully saturated rings. The number of benzene rings is 2. The molecular formula is C28H38N8O2. The Kier molecular flexibility index (Phi) is 8.15. The van der Waals surface area contributed by atoms with Crippen LogP contribution in [0.1, 0.15) is 49.7 Å². The van der Waals surface area contributed by atoms with Crippen LogP contribution in [0.5, 0.6) is 5.75 Å². The Balaban J connectivity index is 1.61. The van der Waals surface area contributed by atoms with E-state index in [1.54, 1.807) is 32.2 Å². The molecule has 0 aliphatic carbocycles. The first-order chi connectivity index (χ1) is 18.2. The van der Waals surface area contributed by atoms with E-state index in [4.69, 9.17) is 26.6 Å². The third-order valence-electron chi connectivity index (χ3n) is 6.98. The molecule has 1 aromatic heterocycles. The van der Waals surface area contributed by atoms with E-state index >= 15 is 0 Å². The van der Waals surface area contributed by atoms with Crippen molar-refractivity contribution < 1.29 is 9.84 Å². The van der Waals surface area contributed by atoms with Crippen molar-refractivity contribution in [2.45, 2.75) is 51.5 Å². The molecular weight excluding hydrogens is 480 g/mol. The van der Waals surface area contributed by atoms with Gasteiger partial charge >= 0.3 is 0 Å². The SMILES string of the molecule is CCC(CCN)N=C1NC=NC(C)(N)C1C(=N)c1ccc(NC(O)c2cc3cccc(C)c3[nH]2)c(OC)c1. The number of methoxy groups -OCH3 is 1. The number of anilines is 1. The lowest BCUT2D eigenvalue weighted by Gasteiger charge is -2.36. The third-order valence-corrected chi connectivity index (χ3v) is 6.98. The Morgan fingerprint density at radius 1 is 1.32 bits per heavy atom. The standard InChI is InChI=1S/C28H38N8O2/c1-5-19(11-12-29)34-26-23(28(3,31)33-15-32-26)24(30)17-9-10-20(22(14-17)38-4)36-27(37)21-13-18-8-6-7-16(2)25(18)35-21/h6-10,13-15,19,23,27,30,35-37H,5,11-12,29,31H2,1-4H3,(H,32,33,34). The van der Waals surface area contributed by atoms with Crippen LogP contribution in [0.25, 0.3) is 10.9 Å². The zero-order valence-corrected chi connectivity index (χ0v) is 22.4. The number of amidine groups is 1. The van der Waals surface area contributed by atoms with Crippen molar-refractivity contribution in [1.82, 2.24) is 10.3 Å². The van der Waals surface area contributed by atoms with Gasteiger partial charge in [-0.25, -0.2) is 0 Å². The molecule has 202 valence electrons. The van der Waals surface area contributed by atoms with Crippen molar-refractivity contribution in [3.8, 4) is 5.75 Å². The van der Waals surface area contributed by atoms with Gasteiger partial charge in [0.25, 0.3) is 0 Å². The first kappa shape index (κ1) is 27.3. The molecule has 10 nitrogen and oxygen atoms in total. The summed E-state index contributed by atoms with van der Waals surface area (Å²) in [5, 5.41) is 27.3. The van der Waals surface area contributed by atoms with Gasteiger partial charge in [-0.15, -0.1) is 0 Å². The molecule has 0 radical (unpaired) electrons. The number of aliphatic imine (C=N–C) groups is 2. The van der Waals surface area contributed by atoms with Crippen LogP contribution in [0.2, 0.25) is 0 Å². The summed E-state index contributed by atoms with van der Waals surface area (Å²) in [6.45, 7) is 6.40. The van der Waals surface area contributed by atoms with Gasteiger partial charge < -0.3 is 42.3 Å². The minimum atomic E-state index is -1.06. The van der Waals surface area contributed by atoms with Gasteiger partial charge in [-0.1, -0.05) is 31.2 Å². The molecule has 4 rings (SSSR count). The maximum absolute atomic E-state index is 10.9. The van der Waals surface area contributed by atoms with E-state index in [9.17, 15) is 5.11 Å². The predicted octanol–water partition coefficient (Wildman–Crippen LogP) is 3.40. The average Bonchev–Trinajstić information content (AvgIpc) is 3.34. The van der Waals surface area contributed by atoms with Gasteiger partial charge in [0.05, 0.1) is 42.5 Å². The van der Waals surface area contributed by atoms with Crippen LogP contribution < -0.4 is 26.8 Å². The van der Waals surface area contributed by atoms with Crippen molar-refractivity contribution in [3.63, 3.8) is 0 Å². The summed E-state index contributed by atoms with van der Waals surface area (Å²) < 4.78 is 5.63. The monoisotopic (exact) mass is 518 g/mol. The number of ether oxygens (including phenoxy) is 1. The van der Waals surface area contributed by atoms with Crippen LogP contribution >= 0.6 is 0 Å². The van der Waals surface area contributed by atoms with E-state index in [-0.39, 0.29) is 11.8 Å². The second-order valence-electron chi connectivity index (χ2n) is 9.85. The van der Waals surface area contributed by atoms with Gasteiger partial charge in [-0.2, -0.15) is 0 Å². The highest BCUT2D eigenvalue weighted by Crippen LogP contribution is 2.32. The Bertz CT molecular complexity index is 1360. The Hall–Kier alpha value is -3.73. The molecule has 0 bridgehead atoms. The number of aliphatic hydroxyl groups excluding tert-OH is 1. The lowest BCUT2D eigenvalue weighted by atomic mass is 9.84. The number of hydrogen-bond acceptors (Lipinski definition) is 8. The fourth-order valence-corrected chi connectivity index (χ4v) is 4.81. The van der Waals surface area contributed by atoms with Crippen LogP contribution in [-0.2, 0) is 0 Å². The zero-order chi connectivity index (χ0) is 27.4. The molecule has 1 aliphatic rings. The average molecular weight is 519 g/mol. The molecule has 4 unspecified atom stereocenters. The van der Waals surface area contributed by atoms with Crippen LogP contribution in [0.15, 0.2) is 52.4 Å². The number of aryl methyl sites for hydroxylation is 1. The molecule has 2 heterocycles. The van der Waals surface area contributed by atoms with Gasteiger partial charge in [0.2, 0.25) is 0 Å². The van der Waals surface area contributed by atoms with Gasteiger partial charge in [0.1, 0.15) is 17.2 Å². The van der Waals surface area contributed by atoms with Gasteiger partial charge in [0, 0.05) is 10.9 Å². The molecule has 3 aromatic rings. The van der Waals surface area contributed by atoms with E-state index < -0.39 is 17.8 Å². The maximum atomic E-state index is 10.9. The summed E-state index contributed by atoms with van der Waals surface area (Å²) in [5.74, 6) is 0.488. The highest BCUT2D eigenvalue weighted by atomic mass is 16.5. The summed E-state index contributed by atoms with van der Waals surface area (Å²) >= 11 is 0. The minimum Gasteiger partial charge on any atom is -0.495 e. The largest absolute Gasteiger partial charge is 0.495 e. The number of nitrogens with two attached hydrogens (primary N) is 2. The smallest absolute Gasteiger partial charge is 0.166 e. The second-order valence-corrected chi connectivity index (χ2v) is 9.85. The van der Waals surface area contributed by atoms with Gasteiger partial charge in [0.15, 0.2) is 6.23 Å². The number of aromatic amines is 1. The minimum absolute atomic E-state index is 0.0242. The maximum Gasteiger partial charge on any atom is 0.166 e. The number of hydrogen-bond donors (Lipinski definition) is 7. The quantitative estimate of drug-likeness (QED) is 0.160. The molecule has 2 aromatic carbocycles. The summed E-state index contributed by atoms with van der Waals surface area (Å²) in [4.78, 5) is 12.5. The molecule has 1 aliphatic heterocycles. The van der Waals surface area contributed by atoms with E-state index in [0.717, 1.165) is 29.3 Å². The topological polar surface area (TPSA) is 170 Å². The fraction of sp³-hybridized carbons (Fsp3) is 0.393. The first-order valence-electron chi connectivity index (χ1n) is 12.8. The number of para-hydroxylation sites is 1. The van der Waals surface area contributed by atoms with E-state index in [1.165, 1.54) is 6.34 Å². The lowest BCUT2D eigenvalue weighted by Crippen LogP contribution is -2.57. The molecule has 0 spiro atoms. The number of aromatic nitrogens is 1. The number of nitrogens with zero attached hydrogens (tertiary/aromatic N) is 2. The van der Waals surface area contributed by atoms with Crippen LogP contribution in [-0.4, -0.2) is 53.3 Å². The highest BCUT2D eigenvalue weighted by molar-refractivity contribution is 6.17. The summed E-state index contributed by atoms with van der Waals surface area (Å²) in [6, 6.07) is 13.3. The number of rotatable bonds is 10. The number of aliphatic hydroxyl groups is 1. The Morgan fingerprint density at radius 2 is 2.11 bits per heavy atom. The fourth-order valence-electron chi connectivity index (χ4n) is 4.81. The lowest BCUT2D eigenvalue weighted by molar-refractivity contribution is 0.203. The van der Waals surface area contributed by atoms with E-state index in [2.05, 4.69) is 27.5 Å². The van der Waals surface area contributed by atoms with Crippen LogP contribution in [0.4, 0.5) is 5.69 Å². The molecule has 4 atom stereocenters. The van der Waals surface area contributed by atoms with Gasteiger partial charge in [-0.3, -0.25) is 9.98 Å². The Morgan fingerprint density at radius 3 is 2.79 bits per heavy atom. The molecule has 0 saturated heterocycles. The third kappa shape index (κ3) is 5.57. The summed E-state index contributed by atoms with van der Waals surface area (Å²) in [5.41, 5.74) is 15.5. The molecule has 10 heteroatoms. The van der Waals surface area contributed by atoms with Crippen molar-refractivity contribution in [2.24, 2.45) is 27.4 Å². The molecule has 0 amide bonds. The number of H-pyrrole nitrogens is 1.